The molecule has 1 aliphatic rings. The fourth-order valence-corrected chi connectivity index (χ4v) is 6.62. The van der Waals surface area contributed by atoms with Crippen molar-refractivity contribution >= 4 is 51.6 Å². The van der Waals surface area contributed by atoms with E-state index in [2.05, 4.69) is 32.9 Å². The summed E-state index contributed by atoms with van der Waals surface area (Å²) in [6, 6.07) is 15.6. The second-order valence-electron chi connectivity index (χ2n) is 9.35. The number of carbonyl (C=O) groups excluding carboxylic acids is 1. The Hall–Kier alpha value is -2.75. The number of fused-ring (bicyclic) bond motifs is 1. The first-order chi connectivity index (χ1) is 17.3. The van der Waals surface area contributed by atoms with Gasteiger partial charge in [-0.1, -0.05) is 54.3 Å². The van der Waals surface area contributed by atoms with Gasteiger partial charge in [-0.2, -0.15) is 0 Å². The van der Waals surface area contributed by atoms with E-state index in [1.807, 2.05) is 45.9 Å². The molecule has 1 aliphatic heterocycles. The highest BCUT2D eigenvalue weighted by Gasteiger charge is 2.23. The topological polar surface area (TPSA) is 60.1 Å². The Bertz CT molecular complexity index is 1550. The highest BCUT2D eigenvalue weighted by molar-refractivity contribution is 7.99. The van der Waals surface area contributed by atoms with E-state index in [9.17, 15) is 9.59 Å². The molecule has 1 saturated heterocycles. The fraction of sp³-hybridized carbons (Fsp3) is 0.333. The highest BCUT2D eigenvalue weighted by Crippen LogP contribution is 2.28. The molecule has 0 aliphatic carbocycles. The Kier molecular flexibility index (Phi) is 7.14. The van der Waals surface area contributed by atoms with Gasteiger partial charge in [-0.3, -0.25) is 18.7 Å². The lowest BCUT2D eigenvalue weighted by molar-refractivity contribution is -0.129. The van der Waals surface area contributed by atoms with Crippen LogP contribution in [0, 0.1) is 23.7 Å². The molecule has 0 radical (unpaired) electrons. The predicted octanol–water partition coefficient (Wildman–Crippen LogP) is 5.93. The molecule has 0 spiro atoms. The summed E-state index contributed by atoms with van der Waals surface area (Å²) in [5.41, 5.74) is 4.29. The zero-order valence-corrected chi connectivity index (χ0v) is 23.0. The molecule has 1 fully saturated rings. The van der Waals surface area contributed by atoms with Crippen molar-refractivity contribution in [2.45, 2.75) is 38.8 Å². The first kappa shape index (κ1) is 24.9. The van der Waals surface area contributed by atoms with Gasteiger partial charge in [0.2, 0.25) is 5.91 Å². The first-order valence-corrected chi connectivity index (χ1v) is 14.3. The lowest BCUT2D eigenvalue weighted by Gasteiger charge is -2.30. The molecule has 0 saturated carbocycles. The monoisotopic (exact) mass is 536 g/mol. The summed E-state index contributed by atoms with van der Waals surface area (Å²) < 4.78 is 4.55. The van der Waals surface area contributed by atoms with Crippen LogP contribution in [0.5, 0.6) is 0 Å². The van der Waals surface area contributed by atoms with Crippen LogP contribution in [-0.4, -0.2) is 43.8 Å². The van der Waals surface area contributed by atoms with Gasteiger partial charge < -0.3 is 4.90 Å². The molecule has 0 atom stereocenters. The van der Waals surface area contributed by atoms with Crippen molar-refractivity contribution in [1.82, 2.24) is 19.0 Å². The lowest BCUT2D eigenvalue weighted by Crippen LogP contribution is -2.39. The number of carbonyl (C=O) groups is 1. The summed E-state index contributed by atoms with van der Waals surface area (Å²) in [6.45, 7) is 7.92. The van der Waals surface area contributed by atoms with Crippen molar-refractivity contribution in [1.29, 1.82) is 0 Å². The molecule has 0 N–H and O–H groups in total. The van der Waals surface area contributed by atoms with Gasteiger partial charge in [0.25, 0.3) is 5.56 Å². The van der Waals surface area contributed by atoms with Crippen LogP contribution in [0.1, 0.15) is 30.9 Å². The van der Waals surface area contributed by atoms with Gasteiger partial charge in [0.1, 0.15) is 4.70 Å². The van der Waals surface area contributed by atoms with E-state index in [0.29, 0.717) is 25.4 Å². The summed E-state index contributed by atoms with van der Waals surface area (Å²) in [7, 11) is 0. The molecule has 0 bridgehead atoms. The van der Waals surface area contributed by atoms with Crippen LogP contribution < -0.4 is 5.56 Å². The van der Waals surface area contributed by atoms with Crippen LogP contribution in [0.15, 0.2) is 58.5 Å². The second-order valence-corrected chi connectivity index (χ2v) is 11.9. The molecular formula is C27H28N4O2S3. The third kappa shape index (κ3) is 4.79. The van der Waals surface area contributed by atoms with Gasteiger partial charge in [0.05, 0.1) is 11.4 Å². The number of para-hydroxylation sites is 1. The number of rotatable bonds is 5. The summed E-state index contributed by atoms with van der Waals surface area (Å²) in [5.74, 6) is 0.964. The molecule has 5 rings (SSSR count). The van der Waals surface area contributed by atoms with Crippen LogP contribution in [0.25, 0.3) is 21.7 Å². The molecule has 36 heavy (non-hydrogen) atoms. The average molecular weight is 537 g/mol. The van der Waals surface area contributed by atoms with Gasteiger partial charge >= 0.3 is 0 Å². The van der Waals surface area contributed by atoms with Gasteiger partial charge in [-0.15, -0.1) is 0 Å². The normalized spacial score (nSPS) is 14.5. The van der Waals surface area contributed by atoms with E-state index in [1.54, 1.807) is 4.57 Å². The summed E-state index contributed by atoms with van der Waals surface area (Å²) >= 11 is 8.28. The van der Waals surface area contributed by atoms with Crippen molar-refractivity contribution in [3.8, 4) is 11.4 Å². The van der Waals surface area contributed by atoms with Crippen molar-refractivity contribution in [2.24, 2.45) is 5.92 Å². The third-order valence-corrected chi connectivity index (χ3v) is 9.08. The Labute approximate surface area is 223 Å². The number of aromatic nitrogens is 3. The average Bonchev–Trinajstić information content (AvgIpc) is 3.21. The Morgan fingerprint density at radius 3 is 2.47 bits per heavy atom. The molecule has 9 heteroatoms. The molecule has 4 aromatic rings. The van der Waals surface area contributed by atoms with Crippen LogP contribution in [0.4, 0.5) is 0 Å². The minimum Gasteiger partial charge on any atom is -0.342 e. The van der Waals surface area contributed by atoms with E-state index in [0.717, 1.165) is 42.9 Å². The number of amides is 1. The molecule has 186 valence electrons. The molecule has 0 unspecified atom stereocenters. The number of hydrogen-bond donors (Lipinski definition) is 0. The van der Waals surface area contributed by atoms with Crippen LogP contribution in [-0.2, 0) is 4.79 Å². The number of benzene rings is 2. The number of thioether (sulfide) groups is 1. The maximum atomic E-state index is 13.8. The van der Waals surface area contributed by atoms with Crippen LogP contribution in [0.3, 0.4) is 0 Å². The van der Waals surface area contributed by atoms with Gasteiger partial charge in [0, 0.05) is 18.8 Å². The van der Waals surface area contributed by atoms with Crippen molar-refractivity contribution in [3.63, 3.8) is 0 Å². The van der Waals surface area contributed by atoms with Crippen molar-refractivity contribution in [3.05, 3.63) is 74.0 Å². The minimum atomic E-state index is -0.174. The number of likely N-dealkylation sites (tertiary alicyclic amines) is 1. The Balaban J connectivity index is 1.61. The predicted molar refractivity (Wildman–Crippen MR) is 151 cm³/mol. The van der Waals surface area contributed by atoms with Crippen LogP contribution in [0.2, 0.25) is 0 Å². The maximum Gasteiger partial charge on any atom is 0.278 e. The van der Waals surface area contributed by atoms with Crippen molar-refractivity contribution in [2.75, 3.05) is 18.8 Å². The third-order valence-electron chi connectivity index (χ3n) is 6.80. The molecule has 3 heterocycles. The second kappa shape index (κ2) is 10.3. The molecular weight excluding hydrogens is 509 g/mol. The number of thiazole rings is 1. The minimum absolute atomic E-state index is 0.0807. The van der Waals surface area contributed by atoms with E-state index in [1.165, 1.54) is 28.7 Å². The number of nitrogens with zero attached hydrogens (tertiary/aromatic N) is 4. The largest absolute Gasteiger partial charge is 0.342 e. The lowest BCUT2D eigenvalue weighted by atomic mass is 9.99. The quantitative estimate of drug-likeness (QED) is 0.180. The van der Waals surface area contributed by atoms with E-state index >= 15 is 0 Å². The van der Waals surface area contributed by atoms with Gasteiger partial charge in [-0.25, -0.2) is 4.98 Å². The summed E-state index contributed by atoms with van der Waals surface area (Å²) in [6.07, 6.45) is 2.06. The summed E-state index contributed by atoms with van der Waals surface area (Å²) in [5, 5.41) is 0.489. The van der Waals surface area contributed by atoms with Gasteiger partial charge in [0.15, 0.2) is 14.8 Å². The van der Waals surface area contributed by atoms with Crippen molar-refractivity contribution < 1.29 is 4.79 Å². The Morgan fingerprint density at radius 1 is 1.06 bits per heavy atom. The van der Waals surface area contributed by atoms with Gasteiger partial charge in [-0.05, 0) is 80.2 Å². The Morgan fingerprint density at radius 2 is 1.78 bits per heavy atom. The first-order valence-electron chi connectivity index (χ1n) is 12.1. The zero-order valence-electron chi connectivity index (χ0n) is 20.6. The number of aryl methyl sites for hydroxylation is 2. The smallest absolute Gasteiger partial charge is 0.278 e. The summed E-state index contributed by atoms with van der Waals surface area (Å²) in [4.78, 5) is 33.7. The number of piperidine rings is 1. The van der Waals surface area contributed by atoms with E-state index < -0.39 is 0 Å². The maximum absolute atomic E-state index is 13.8. The number of hydrogen-bond acceptors (Lipinski definition) is 6. The van der Waals surface area contributed by atoms with E-state index in [4.69, 9.17) is 17.2 Å². The highest BCUT2D eigenvalue weighted by atomic mass is 32.2. The standard InChI is InChI=1S/C27H28N4O2S3/c1-17-11-13-29(14-12-17)22(32)16-35-26-28-24-23(25(33)31(26)20-7-5-4-6-8-20)36-27(34)30(24)21-10-9-18(2)19(3)15-21/h4-10,15,17H,11-14,16H2,1-3H3. The van der Waals surface area contributed by atoms with Crippen LogP contribution >= 0.6 is 35.3 Å². The zero-order chi connectivity index (χ0) is 25.4. The molecule has 6 nitrogen and oxygen atoms in total. The SMILES string of the molecule is Cc1ccc(-n2c(=S)sc3c(=O)n(-c4ccccc4)c(SCC(=O)N4CCC(C)CC4)nc32)cc1C. The fourth-order valence-electron chi connectivity index (χ4n) is 4.41. The molecule has 1 amide bonds. The molecule has 2 aromatic heterocycles. The van der Waals surface area contributed by atoms with E-state index in [-0.39, 0.29) is 17.2 Å². The molecule has 2 aromatic carbocycles.